The van der Waals surface area contributed by atoms with Gasteiger partial charge in [0, 0.05) is 5.92 Å². The average Bonchev–Trinajstić information content (AvgIpc) is 3.16. The lowest BCUT2D eigenvalue weighted by molar-refractivity contribution is 0.0710. The third-order valence-corrected chi connectivity index (χ3v) is 6.66. The van der Waals surface area contributed by atoms with Gasteiger partial charge in [0.25, 0.3) is 0 Å². The van der Waals surface area contributed by atoms with Crippen molar-refractivity contribution in [3.05, 3.63) is 59.7 Å². The molecule has 0 saturated carbocycles. The number of rotatable bonds is 14. The van der Waals surface area contributed by atoms with Crippen LogP contribution in [-0.4, -0.2) is 41.7 Å². The zero-order chi connectivity index (χ0) is 23.5. The normalized spacial score (nSPS) is 14.4. The van der Waals surface area contributed by atoms with Crippen LogP contribution < -0.4 is 5.32 Å². The average molecular weight is 454 g/mol. The third-order valence-electron chi connectivity index (χ3n) is 6.66. The van der Waals surface area contributed by atoms with Crippen molar-refractivity contribution in [1.82, 2.24) is 5.32 Å². The summed E-state index contributed by atoms with van der Waals surface area (Å²) >= 11 is 0. The maximum Gasteiger partial charge on any atom is 0.407 e. The Kier molecular flexibility index (Phi) is 10.2. The molecule has 0 aromatic heterocycles. The van der Waals surface area contributed by atoms with Gasteiger partial charge in [0.1, 0.15) is 6.61 Å². The lowest BCUT2D eigenvalue weighted by Gasteiger charge is -2.22. The molecule has 3 rings (SSSR count). The second kappa shape index (κ2) is 13.4. The molecule has 0 aliphatic heterocycles. The first-order valence-corrected chi connectivity index (χ1v) is 12.6. The standard InChI is InChI=1S/C28H39NO4/c1-2-3-4-5-6-7-8-9-18-27(31)26(19-30)29-28(32)33-20-25-23-16-12-10-14-21(23)22-15-11-13-17-24(22)25/h10-17,25-27,30-31H,2-9,18-20H2,1H3,(H,29,32)/t26-,27-/m1/s1. The molecule has 0 unspecified atom stereocenters. The van der Waals surface area contributed by atoms with Crippen LogP contribution in [0.3, 0.4) is 0 Å². The van der Waals surface area contributed by atoms with E-state index in [0.717, 1.165) is 24.0 Å². The lowest BCUT2D eigenvalue weighted by atomic mass is 9.98. The van der Waals surface area contributed by atoms with Gasteiger partial charge in [-0.3, -0.25) is 0 Å². The monoisotopic (exact) mass is 453 g/mol. The van der Waals surface area contributed by atoms with E-state index in [1.807, 2.05) is 24.3 Å². The van der Waals surface area contributed by atoms with Crippen molar-refractivity contribution >= 4 is 6.09 Å². The van der Waals surface area contributed by atoms with E-state index in [-0.39, 0.29) is 19.1 Å². The van der Waals surface area contributed by atoms with Crippen molar-refractivity contribution in [3.63, 3.8) is 0 Å². The van der Waals surface area contributed by atoms with Gasteiger partial charge in [-0.2, -0.15) is 0 Å². The number of carbonyl (C=O) groups is 1. The van der Waals surface area contributed by atoms with Crippen LogP contribution in [-0.2, 0) is 4.74 Å². The molecule has 0 fully saturated rings. The molecule has 3 N–H and O–H groups in total. The molecule has 0 saturated heterocycles. The van der Waals surface area contributed by atoms with Crippen molar-refractivity contribution in [2.24, 2.45) is 0 Å². The van der Waals surface area contributed by atoms with E-state index >= 15 is 0 Å². The van der Waals surface area contributed by atoms with Crippen LogP contribution in [0, 0.1) is 0 Å². The minimum Gasteiger partial charge on any atom is -0.449 e. The van der Waals surface area contributed by atoms with E-state index < -0.39 is 18.2 Å². The molecular weight excluding hydrogens is 414 g/mol. The largest absolute Gasteiger partial charge is 0.449 e. The first-order chi connectivity index (χ1) is 16.2. The number of nitrogens with one attached hydrogen (secondary N) is 1. The van der Waals surface area contributed by atoms with Gasteiger partial charge in [-0.1, -0.05) is 107 Å². The molecule has 5 nitrogen and oxygen atoms in total. The van der Waals surface area contributed by atoms with Crippen LogP contribution in [0.4, 0.5) is 4.79 Å². The molecule has 2 aromatic rings. The topological polar surface area (TPSA) is 78.8 Å². The zero-order valence-electron chi connectivity index (χ0n) is 19.8. The molecule has 0 heterocycles. The van der Waals surface area contributed by atoms with Crippen LogP contribution in [0.15, 0.2) is 48.5 Å². The molecule has 180 valence electrons. The van der Waals surface area contributed by atoms with Gasteiger partial charge >= 0.3 is 6.09 Å². The number of hydrogen-bond acceptors (Lipinski definition) is 4. The summed E-state index contributed by atoms with van der Waals surface area (Å²) in [4.78, 5) is 12.4. The Morgan fingerprint density at radius 1 is 0.909 bits per heavy atom. The molecule has 1 aliphatic carbocycles. The van der Waals surface area contributed by atoms with E-state index in [4.69, 9.17) is 4.74 Å². The van der Waals surface area contributed by atoms with Crippen LogP contribution in [0.2, 0.25) is 0 Å². The molecule has 1 aliphatic rings. The van der Waals surface area contributed by atoms with Gasteiger partial charge in [-0.05, 0) is 28.7 Å². The number of aliphatic hydroxyl groups excluding tert-OH is 2. The van der Waals surface area contributed by atoms with Crippen molar-refractivity contribution < 1.29 is 19.7 Å². The zero-order valence-corrected chi connectivity index (χ0v) is 19.8. The fourth-order valence-corrected chi connectivity index (χ4v) is 4.74. The minimum absolute atomic E-state index is 0.0158. The summed E-state index contributed by atoms with van der Waals surface area (Å²) in [6.07, 6.45) is 8.66. The second-order valence-electron chi connectivity index (χ2n) is 9.09. The number of amides is 1. The van der Waals surface area contributed by atoms with Crippen molar-refractivity contribution in [1.29, 1.82) is 0 Å². The summed E-state index contributed by atoms with van der Waals surface area (Å²) in [5.74, 6) is -0.0158. The number of benzene rings is 2. The predicted molar refractivity (Wildman–Crippen MR) is 132 cm³/mol. The maximum absolute atomic E-state index is 12.4. The second-order valence-corrected chi connectivity index (χ2v) is 9.09. The van der Waals surface area contributed by atoms with Crippen LogP contribution >= 0.6 is 0 Å². The fraction of sp³-hybridized carbons (Fsp3) is 0.536. The molecule has 0 bridgehead atoms. The lowest BCUT2D eigenvalue weighted by Crippen LogP contribution is -2.46. The van der Waals surface area contributed by atoms with Crippen molar-refractivity contribution in [2.75, 3.05) is 13.2 Å². The first kappa shape index (κ1) is 25.3. The van der Waals surface area contributed by atoms with Gasteiger partial charge in [0.15, 0.2) is 0 Å². The Balaban J connectivity index is 1.42. The number of ether oxygens (including phenoxy) is 1. The van der Waals surface area contributed by atoms with E-state index in [1.54, 1.807) is 0 Å². The highest BCUT2D eigenvalue weighted by Gasteiger charge is 2.29. The molecule has 5 heteroatoms. The fourth-order valence-electron chi connectivity index (χ4n) is 4.74. The van der Waals surface area contributed by atoms with Gasteiger partial charge in [-0.25, -0.2) is 4.79 Å². The van der Waals surface area contributed by atoms with Crippen molar-refractivity contribution in [2.45, 2.75) is 82.8 Å². The summed E-state index contributed by atoms with van der Waals surface area (Å²) in [5.41, 5.74) is 4.66. The predicted octanol–water partition coefficient (Wildman–Crippen LogP) is 5.78. The summed E-state index contributed by atoms with van der Waals surface area (Å²) < 4.78 is 5.54. The summed E-state index contributed by atoms with van der Waals surface area (Å²) in [5, 5.41) is 22.8. The molecular formula is C28H39NO4. The Morgan fingerprint density at radius 3 is 2.03 bits per heavy atom. The smallest absolute Gasteiger partial charge is 0.407 e. The van der Waals surface area contributed by atoms with E-state index in [1.165, 1.54) is 49.7 Å². The van der Waals surface area contributed by atoms with E-state index in [0.29, 0.717) is 6.42 Å². The SMILES string of the molecule is CCCCCCCCCC[C@@H](O)[C@@H](CO)NC(=O)OCC1c2ccccc2-c2ccccc21. The quantitative estimate of drug-likeness (QED) is 0.317. The summed E-state index contributed by atoms with van der Waals surface area (Å²) in [7, 11) is 0. The van der Waals surface area contributed by atoms with Gasteiger partial charge in [-0.15, -0.1) is 0 Å². The highest BCUT2D eigenvalue weighted by atomic mass is 16.5. The van der Waals surface area contributed by atoms with Gasteiger partial charge in [0.2, 0.25) is 0 Å². The third kappa shape index (κ3) is 7.05. The molecule has 0 radical (unpaired) electrons. The van der Waals surface area contributed by atoms with Gasteiger partial charge < -0.3 is 20.3 Å². The van der Waals surface area contributed by atoms with E-state index in [2.05, 4.69) is 36.5 Å². The number of aliphatic hydroxyl groups is 2. The number of unbranched alkanes of at least 4 members (excludes halogenated alkanes) is 7. The Labute approximate surface area is 198 Å². The Bertz CT molecular complexity index is 823. The Hall–Kier alpha value is -2.37. The summed E-state index contributed by atoms with van der Waals surface area (Å²) in [6.45, 7) is 2.12. The number of alkyl carbamates (subject to hydrolysis) is 1. The number of hydrogen-bond donors (Lipinski definition) is 3. The molecule has 33 heavy (non-hydrogen) atoms. The minimum atomic E-state index is -0.782. The molecule has 2 aromatic carbocycles. The van der Waals surface area contributed by atoms with Crippen LogP contribution in [0.5, 0.6) is 0 Å². The van der Waals surface area contributed by atoms with E-state index in [9.17, 15) is 15.0 Å². The van der Waals surface area contributed by atoms with Crippen LogP contribution in [0.1, 0.15) is 81.8 Å². The van der Waals surface area contributed by atoms with Gasteiger partial charge in [0.05, 0.1) is 18.8 Å². The maximum atomic E-state index is 12.4. The number of carbonyl (C=O) groups excluding carboxylic acids is 1. The summed E-state index contributed by atoms with van der Waals surface area (Å²) in [6, 6.07) is 15.7. The van der Waals surface area contributed by atoms with Crippen LogP contribution in [0.25, 0.3) is 11.1 Å². The highest BCUT2D eigenvalue weighted by molar-refractivity contribution is 5.79. The highest BCUT2D eigenvalue weighted by Crippen LogP contribution is 2.44. The molecule has 0 spiro atoms. The first-order valence-electron chi connectivity index (χ1n) is 12.6. The molecule has 1 amide bonds. The molecule has 2 atom stereocenters. The Morgan fingerprint density at radius 2 is 1.45 bits per heavy atom. The van der Waals surface area contributed by atoms with Crippen molar-refractivity contribution in [3.8, 4) is 11.1 Å². The number of fused-ring (bicyclic) bond motifs is 3.